The van der Waals surface area contributed by atoms with Gasteiger partial charge in [-0.05, 0) is 35.0 Å². The highest BCUT2D eigenvalue weighted by Gasteiger charge is 2.29. The van der Waals surface area contributed by atoms with Crippen molar-refractivity contribution in [3.05, 3.63) is 28.5 Å². The molecule has 1 fully saturated rings. The molecule has 98 valence electrons. The van der Waals surface area contributed by atoms with Crippen LogP contribution in [0.1, 0.15) is 17.4 Å². The second-order valence-corrected chi connectivity index (χ2v) is 5.15. The minimum atomic E-state index is -0.319. The number of halogens is 1. The van der Waals surface area contributed by atoms with Crippen LogP contribution in [0.25, 0.3) is 0 Å². The Morgan fingerprint density at radius 3 is 3.11 bits per heavy atom. The number of aliphatic hydroxyl groups excluding tert-OH is 1. The zero-order valence-electron chi connectivity index (χ0n) is 10.0. The number of ether oxygens (including phenoxy) is 1. The number of carbonyl (C=O) groups excluding carboxylic acids is 1. The standard InChI is InChI=1S/C12H15BrN2O3/c1-8-5-15(6-9(7-16)18-8)12(17)11-10(13)3-2-4-14-11/h2-4,8-9,16H,5-7H2,1H3. The normalized spacial score (nSPS) is 24.1. The first-order valence-electron chi connectivity index (χ1n) is 5.78. The molecule has 2 rings (SSSR count). The Labute approximate surface area is 114 Å². The molecule has 0 aromatic carbocycles. The maximum absolute atomic E-state index is 12.3. The molecule has 1 aromatic rings. The summed E-state index contributed by atoms with van der Waals surface area (Å²) in [5.41, 5.74) is 0.392. The Balaban J connectivity index is 2.16. The fourth-order valence-corrected chi connectivity index (χ4v) is 2.43. The number of hydrogen-bond donors (Lipinski definition) is 1. The zero-order valence-corrected chi connectivity index (χ0v) is 11.6. The molecule has 2 heterocycles. The van der Waals surface area contributed by atoms with Gasteiger partial charge in [0.1, 0.15) is 5.69 Å². The maximum Gasteiger partial charge on any atom is 0.273 e. The summed E-state index contributed by atoms with van der Waals surface area (Å²) in [5.74, 6) is -0.143. The molecule has 18 heavy (non-hydrogen) atoms. The van der Waals surface area contributed by atoms with Crippen molar-refractivity contribution in [3.8, 4) is 0 Å². The van der Waals surface area contributed by atoms with Gasteiger partial charge in [0.25, 0.3) is 5.91 Å². The van der Waals surface area contributed by atoms with E-state index in [0.717, 1.165) is 0 Å². The van der Waals surface area contributed by atoms with Crippen LogP contribution in [0.5, 0.6) is 0 Å². The van der Waals surface area contributed by atoms with Crippen molar-refractivity contribution < 1.29 is 14.6 Å². The third-order valence-corrected chi connectivity index (χ3v) is 3.42. The van der Waals surface area contributed by atoms with E-state index >= 15 is 0 Å². The molecular weight excluding hydrogens is 300 g/mol. The van der Waals surface area contributed by atoms with Gasteiger partial charge < -0.3 is 14.7 Å². The summed E-state index contributed by atoms with van der Waals surface area (Å²) in [5, 5.41) is 9.15. The molecule has 1 saturated heterocycles. The summed E-state index contributed by atoms with van der Waals surface area (Å²) in [7, 11) is 0. The quantitative estimate of drug-likeness (QED) is 0.887. The van der Waals surface area contributed by atoms with Crippen molar-refractivity contribution in [1.29, 1.82) is 0 Å². The van der Waals surface area contributed by atoms with Crippen molar-refractivity contribution in [2.24, 2.45) is 0 Å². The lowest BCUT2D eigenvalue weighted by Crippen LogP contribution is -2.50. The van der Waals surface area contributed by atoms with Crippen LogP contribution < -0.4 is 0 Å². The summed E-state index contributed by atoms with van der Waals surface area (Å²) in [4.78, 5) is 18.1. The molecule has 1 aliphatic heterocycles. The third-order valence-electron chi connectivity index (χ3n) is 2.78. The summed E-state index contributed by atoms with van der Waals surface area (Å²) in [6.07, 6.45) is 1.19. The Morgan fingerprint density at radius 1 is 1.67 bits per heavy atom. The van der Waals surface area contributed by atoms with Gasteiger partial charge >= 0.3 is 0 Å². The van der Waals surface area contributed by atoms with Gasteiger partial charge in [0.05, 0.1) is 18.8 Å². The van der Waals surface area contributed by atoms with Crippen LogP contribution in [-0.2, 0) is 4.74 Å². The Kier molecular flexibility index (Phi) is 4.31. The first kappa shape index (κ1) is 13.5. The molecule has 1 N–H and O–H groups in total. The summed E-state index contributed by atoms with van der Waals surface area (Å²) in [6.45, 7) is 2.70. The average Bonchev–Trinajstić information content (AvgIpc) is 2.37. The largest absolute Gasteiger partial charge is 0.394 e. The van der Waals surface area contributed by atoms with E-state index in [1.165, 1.54) is 0 Å². The second kappa shape index (κ2) is 5.77. The van der Waals surface area contributed by atoms with Gasteiger partial charge in [0.2, 0.25) is 0 Å². The molecule has 0 spiro atoms. The highest BCUT2D eigenvalue weighted by molar-refractivity contribution is 9.10. The van der Waals surface area contributed by atoms with Crippen molar-refractivity contribution >= 4 is 21.8 Å². The average molecular weight is 315 g/mol. The number of aromatic nitrogens is 1. The van der Waals surface area contributed by atoms with E-state index in [0.29, 0.717) is 23.3 Å². The topological polar surface area (TPSA) is 62.7 Å². The van der Waals surface area contributed by atoms with Crippen LogP contribution in [0.4, 0.5) is 0 Å². The molecule has 2 atom stereocenters. The minimum absolute atomic E-state index is 0.0812. The summed E-state index contributed by atoms with van der Waals surface area (Å²) >= 11 is 3.32. The number of amides is 1. The van der Waals surface area contributed by atoms with Crippen molar-refractivity contribution in [2.45, 2.75) is 19.1 Å². The van der Waals surface area contributed by atoms with Crippen molar-refractivity contribution in [1.82, 2.24) is 9.88 Å². The lowest BCUT2D eigenvalue weighted by Gasteiger charge is -2.36. The Bertz CT molecular complexity index is 441. The fourth-order valence-electron chi connectivity index (χ4n) is 2.00. The molecule has 1 amide bonds. The van der Waals surface area contributed by atoms with Crippen LogP contribution in [0.15, 0.2) is 22.8 Å². The van der Waals surface area contributed by atoms with E-state index in [9.17, 15) is 4.79 Å². The van der Waals surface area contributed by atoms with Gasteiger partial charge in [-0.1, -0.05) is 0 Å². The second-order valence-electron chi connectivity index (χ2n) is 4.30. The highest BCUT2D eigenvalue weighted by Crippen LogP contribution is 2.18. The van der Waals surface area contributed by atoms with E-state index in [1.54, 1.807) is 23.2 Å². The Morgan fingerprint density at radius 2 is 2.44 bits per heavy atom. The number of morpholine rings is 1. The van der Waals surface area contributed by atoms with E-state index in [2.05, 4.69) is 20.9 Å². The van der Waals surface area contributed by atoms with E-state index in [-0.39, 0.29) is 24.7 Å². The molecule has 0 saturated carbocycles. The number of hydrogen-bond acceptors (Lipinski definition) is 4. The van der Waals surface area contributed by atoms with Crippen LogP contribution in [0.2, 0.25) is 0 Å². The molecule has 2 unspecified atom stereocenters. The molecular formula is C12H15BrN2O3. The number of pyridine rings is 1. The van der Waals surface area contributed by atoms with Crippen molar-refractivity contribution in [2.75, 3.05) is 19.7 Å². The highest BCUT2D eigenvalue weighted by atomic mass is 79.9. The van der Waals surface area contributed by atoms with E-state index in [4.69, 9.17) is 9.84 Å². The predicted molar refractivity (Wildman–Crippen MR) is 69.3 cm³/mol. The van der Waals surface area contributed by atoms with Crippen LogP contribution in [-0.4, -0.2) is 52.8 Å². The fraction of sp³-hybridized carbons (Fsp3) is 0.500. The van der Waals surface area contributed by atoms with Gasteiger partial charge in [0.15, 0.2) is 0 Å². The molecule has 0 aliphatic carbocycles. The van der Waals surface area contributed by atoms with Gasteiger partial charge in [-0.2, -0.15) is 0 Å². The van der Waals surface area contributed by atoms with Gasteiger partial charge in [-0.3, -0.25) is 4.79 Å². The van der Waals surface area contributed by atoms with Gasteiger partial charge in [-0.25, -0.2) is 4.98 Å². The zero-order chi connectivity index (χ0) is 13.1. The van der Waals surface area contributed by atoms with E-state index < -0.39 is 0 Å². The predicted octanol–water partition coefficient (Wildman–Crippen LogP) is 1.07. The molecule has 6 heteroatoms. The number of aliphatic hydroxyl groups is 1. The molecule has 5 nitrogen and oxygen atoms in total. The molecule has 1 aromatic heterocycles. The number of carbonyl (C=O) groups is 1. The first-order valence-corrected chi connectivity index (χ1v) is 6.57. The lowest BCUT2D eigenvalue weighted by atomic mass is 10.2. The maximum atomic E-state index is 12.3. The number of nitrogens with zero attached hydrogens (tertiary/aromatic N) is 2. The van der Waals surface area contributed by atoms with Gasteiger partial charge in [-0.15, -0.1) is 0 Å². The lowest BCUT2D eigenvalue weighted by molar-refractivity contribution is -0.0859. The van der Waals surface area contributed by atoms with Crippen LogP contribution in [0.3, 0.4) is 0 Å². The summed E-state index contributed by atoms with van der Waals surface area (Å²) in [6, 6.07) is 3.55. The first-order chi connectivity index (χ1) is 8.61. The Hall–Kier alpha value is -0.980. The molecule has 0 bridgehead atoms. The number of rotatable bonds is 2. The molecule has 1 aliphatic rings. The third kappa shape index (κ3) is 2.88. The SMILES string of the molecule is CC1CN(C(=O)c2ncccc2Br)CC(CO)O1. The van der Waals surface area contributed by atoms with Crippen LogP contribution >= 0.6 is 15.9 Å². The van der Waals surface area contributed by atoms with E-state index in [1.807, 2.05) is 6.92 Å². The van der Waals surface area contributed by atoms with Gasteiger partial charge in [0, 0.05) is 23.8 Å². The monoisotopic (exact) mass is 314 g/mol. The smallest absolute Gasteiger partial charge is 0.273 e. The van der Waals surface area contributed by atoms with Crippen LogP contribution in [0, 0.1) is 0 Å². The molecule has 0 radical (unpaired) electrons. The van der Waals surface area contributed by atoms with Crippen molar-refractivity contribution in [3.63, 3.8) is 0 Å². The minimum Gasteiger partial charge on any atom is -0.394 e. The summed E-state index contributed by atoms with van der Waals surface area (Å²) < 4.78 is 6.18.